The number of hydrogen-bond donors (Lipinski definition) is 1. The molecule has 1 aliphatic rings. The van der Waals surface area contributed by atoms with E-state index in [9.17, 15) is 4.79 Å². The number of carbonyl (C=O) groups excluding carboxylic acids is 1. The van der Waals surface area contributed by atoms with Gasteiger partial charge >= 0.3 is 6.03 Å². The number of benzene rings is 1. The van der Waals surface area contributed by atoms with Crippen molar-refractivity contribution in [2.24, 2.45) is 0 Å². The molecule has 1 aromatic heterocycles. The van der Waals surface area contributed by atoms with E-state index in [-0.39, 0.29) is 6.03 Å². The maximum atomic E-state index is 12.4. The van der Waals surface area contributed by atoms with Crippen molar-refractivity contribution >= 4 is 17.4 Å². The van der Waals surface area contributed by atoms with Crippen LogP contribution in [0.3, 0.4) is 0 Å². The smallest absolute Gasteiger partial charge is 0.317 e. The van der Waals surface area contributed by atoms with Crippen molar-refractivity contribution in [3.05, 3.63) is 45.9 Å². The van der Waals surface area contributed by atoms with E-state index >= 15 is 0 Å². The number of thiazole rings is 1. The highest BCUT2D eigenvalue weighted by molar-refractivity contribution is 7.09. The van der Waals surface area contributed by atoms with Gasteiger partial charge in [-0.1, -0.05) is 25.1 Å². The second-order valence-corrected chi connectivity index (χ2v) is 7.26. The molecule has 3 rings (SSSR count). The molecular formula is C19H26N4O2S. The number of ether oxygens (including phenoxy) is 1. The molecule has 0 atom stereocenters. The third-order valence-electron chi connectivity index (χ3n) is 4.57. The maximum Gasteiger partial charge on any atom is 0.317 e. The number of aryl methyl sites for hydroxylation is 1. The Kier molecular flexibility index (Phi) is 6.46. The molecule has 0 saturated carbocycles. The lowest BCUT2D eigenvalue weighted by molar-refractivity contribution is 0.134. The average molecular weight is 375 g/mol. The SMILES string of the molecule is CCc1nc(CNC(=O)N2CCN(Cc3ccccc3OC)CC2)cs1. The van der Waals surface area contributed by atoms with E-state index in [2.05, 4.69) is 28.2 Å². The van der Waals surface area contributed by atoms with Crippen molar-refractivity contribution in [3.8, 4) is 5.75 Å². The monoisotopic (exact) mass is 374 g/mol. The zero-order valence-corrected chi connectivity index (χ0v) is 16.2. The zero-order valence-electron chi connectivity index (χ0n) is 15.4. The summed E-state index contributed by atoms with van der Waals surface area (Å²) in [6.07, 6.45) is 0.937. The number of urea groups is 1. The number of methoxy groups -OCH3 is 1. The summed E-state index contributed by atoms with van der Waals surface area (Å²) in [6.45, 7) is 6.63. The van der Waals surface area contributed by atoms with Crippen LogP contribution < -0.4 is 10.1 Å². The third-order valence-corrected chi connectivity index (χ3v) is 5.61. The summed E-state index contributed by atoms with van der Waals surface area (Å²) in [5, 5.41) is 6.11. The summed E-state index contributed by atoms with van der Waals surface area (Å²) in [6, 6.07) is 8.09. The highest BCUT2D eigenvalue weighted by Crippen LogP contribution is 2.20. The molecule has 0 bridgehead atoms. The van der Waals surface area contributed by atoms with Crippen molar-refractivity contribution in [2.45, 2.75) is 26.4 Å². The molecule has 26 heavy (non-hydrogen) atoms. The Morgan fingerprint density at radius 3 is 2.73 bits per heavy atom. The lowest BCUT2D eigenvalue weighted by atomic mass is 10.1. The number of aromatic nitrogens is 1. The van der Waals surface area contributed by atoms with Crippen LogP contribution in [-0.2, 0) is 19.5 Å². The summed E-state index contributed by atoms with van der Waals surface area (Å²) < 4.78 is 5.42. The van der Waals surface area contributed by atoms with Gasteiger partial charge in [0.15, 0.2) is 0 Å². The van der Waals surface area contributed by atoms with Gasteiger partial charge in [0.05, 0.1) is 24.4 Å². The lowest BCUT2D eigenvalue weighted by Gasteiger charge is -2.34. The Hall–Kier alpha value is -2.12. The molecule has 0 spiro atoms. The molecule has 1 fully saturated rings. The standard InChI is InChI=1S/C19H26N4O2S/c1-3-18-21-16(14-26-18)12-20-19(24)23-10-8-22(9-11-23)13-15-6-4-5-7-17(15)25-2/h4-7,14H,3,8-13H2,1-2H3,(H,20,24). The second-order valence-electron chi connectivity index (χ2n) is 6.32. The number of hydrogen-bond acceptors (Lipinski definition) is 5. The zero-order chi connectivity index (χ0) is 18.4. The molecule has 0 aliphatic carbocycles. The lowest BCUT2D eigenvalue weighted by Crippen LogP contribution is -2.51. The first-order valence-corrected chi connectivity index (χ1v) is 9.88. The van der Waals surface area contributed by atoms with Gasteiger partial charge in [-0.2, -0.15) is 0 Å². The van der Waals surface area contributed by atoms with Gasteiger partial charge in [-0.15, -0.1) is 11.3 Å². The molecule has 2 aromatic rings. The van der Waals surface area contributed by atoms with Gasteiger partial charge in [0.25, 0.3) is 0 Å². The molecule has 7 heteroatoms. The Balaban J connectivity index is 1.44. The first-order valence-electron chi connectivity index (χ1n) is 9.00. The minimum absolute atomic E-state index is 0.00649. The van der Waals surface area contributed by atoms with E-state index in [1.165, 1.54) is 5.56 Å². The predicted octanol–water partition coefficient (Wildman–Crippen LogP) is 2.74. The quantitative estimate of drug-likeness (QED) is 0.845. The van der Waals surface area contributed by atoms with Crippen LogP contribution in [0.5, 0.6) is 5.75 Å². The Morgan fingerprint density at radius 2 is 2.04 bits per heavy atom. The second kappa shape index (κ2) is 9.00. The Bertz CT molecular complexity index is 726. The van der Waals surface area contributed by atoms with Crippen LogP contribution in [0.2, 0.25) is 0 Å². The molecule has 0 radical (unpaired) electrons. The molecule has 1 saturated heterocycles. The molecule has 1 aliphatic heterocycles. The first kappa shape index (κ1) is 18.7. The van der Waals surface area contributed by atoms with E-state index in [1.54, 1.807) is 18.4 Å². The highest BCUT2D eigenvalue weighted by atomic mass is 32.1. The van der Waals surface area contributed by atoms with E-state index < -0.39 is 0 Å². The van der Waals surface area contributed by atoms with Crippen molar-refractivity contribution in [2.75, 3.05) is 33.3 Å². The van der Waals surface area contributed by atoms with Gasteiger partial charge in [-0.3, -0.25) is 4.90 Å². The minimum Gasteiger partial charge on any atom is -0.496 e. The predicted molar refractivity (Wildman–Crippen MR) is 104 cm³/mol. The van der Waals surface area contributed by atoms with Crippen LogP contribution >= 0.6 is 11.3 Å². The van der Waals surface area contributed by atoms with Crippen LogP contribution in [0.1, 0.15) is 23.2 Å². The number of nitrogens with zero attached hydrogens (tertiary/aromatic N) is 3. The fourth-order valence-corrected chi connectivity index (χ4v) is 3.80. The minimum atomic E-state index is -0.00649. The summed E-state index contributed by atoms with van der Waals surface area (Å²) in [5.74, 6) is 0.919. The third kappa shape index (κ3) is 4.74. The van der Waals surface area contributed by atoms with E-state index in [0.29, 0.717) is 6.54 Å². The molecule has 6 nitrogen and oxygen atoms in total. The van der Waals surface area contributed by atoms with Crippen LogP contribution in [0, 0.1) is 0 Å². The molecule has 0 unspecified atom stereocenters. The van der Waals surface area contributed by atoms with Crippen LogP contribution in [0.15, 0.2) is 29.6 Å². The number of para-hydroxylation sites is 1. The van der Waals surface area contributed by atoms with Gasteiger partial charge in [0.2, 0.25) is 0 Å². The van der Waals surface area contributed by atoms with Gasteiger partial charge < -0.3 is 15.0 Å². The van der Waals surface area contributed by atoms with E-state index in [4.69, 9.17) is 4.74 Å². The van der Waals surface area contributed by atoms with Gasteiger partial charge in [0, 0.05) is 43.7 Å². The van der Waals surface area contributed by atoms with Crippen molar-refractivity contribution in [1.29, 1.82) is 0 Å². The number of amides is 2. The average Bonchev–Trinajstić information content (AvgIpc) is 3.15. The van der Waals surface area contributed by atoms with Gasteiger partial charge in [-0.25, -0.2) is 9.78 Å². The van der Waals surface area contributed by atoms with Crippen LogP contribution in [0.25, 0.3) is 0 Å². The summed E-state index contributed by atoms with van der Waals surface area (Å²) >= 11 is 1.65. The van der Waals surface area contributed by atoms with Gasteiger partial charge in [-0.05, 0) is 12.5 Å². The van der Waals surface area contributed by atoms with Gasteiger partial charge in [0.1, 0.15) is 5.75 Å². The molecule has 1 N–H and O–H groups in total. The maximum absolute atomic E-state index is 12.4. The highest BCUT2D eigenvalue weighted by Gasteiger charge is 2.21. The van der Waals surface area contributed by atoms with Crippen LogP contribution in [-0.4, -0.2) is 54.1 Å². The largest absolute Gasteiger partial charge is 0.496 e. The Morgan fingerprint density at radius 1 is 1.27 bits per heavy atom. The molecule has 140 valence electrons. The molecular weight excluding hydrogens is 348 g/mol. The fourth-order valence-electron chi connectivity index (χ4n) is 3.05. The summed E-state index contributed by atoms with van der Waals surface area (Å²) in [7, 11) is 1.70. The normalized spacial score (nSPS) is 15.1. The van der Waals surface area contributed by atoms with Crippen molar-refractivity contribution in [3.63, 3.8) is 0 Å². The first-order chi connectivity index (χ1) is 12.7. The van der Waals surface area contributed by atoms with E-state index in [1.807, 2.05) is 28.5 Å². The Labute approximate surface area is 158 Å². The molecule has 2 amide bonds. The van der Waals surface area contributed by atoms with E-state index in [0.717, 1.165) is 55.6 Å². The summed E-state index contributed by atoms with van der Waals surface area (Å²) in [5.41, 5.74) is 2.12. The summed E-state index contributed by atoms with van der Waals surface area (Å²) in [4.78, 5) is 21.1. The molecule has 2 heterocycles. The van der Waals surface area contributed by atoms with Crippen molar-refractivity contribution < 1.29 is 9.53 Å². The number of nitrogens with one attached hydrogen (secondary N) is 1. The number of rotatable bonds is 6. The van der Waals surface area contributed by atoms with Crippen molar-refractivity contribution in [1.82, 2.24) is 20.1 Å². The fraction of sp³-hybridized carbons (Fsp3) is 0.474. The molecule has 1 aromatic carbocycles. The topological polar surface area (TPSA) is 57.7 Å². The van der Waals surface area contributed by atoms with Crippen LogP contribution in [0.4, 0.5) is 4.79 Å². The number of piperazine rings is 1. The number of carbonyl (C=O) groups is 1.